The van der Waals surface area contributed by atoms with Gasteiger partial charge in [0.1, 0.15) is 5.56 Å². The molecule has 5 nitrogen and oxygen atoms in total. The van der Waals surface area contributed by atoms with E-state index in [4.69, 9.17) is 11.6 Å². The molecule has 20 heavy (non-hydrogen) atoms. The highest BCUT2D eigenvalue weighted by Gasteiger charge is 2.32. The maximum atomic E-state index is 12.6. The number of carbonyl (C=O) groups excluding carboxylic acids is 1. The third-order valence-electron chi connectivity index (χ3n) is 3.75. The molecule has 0 heterocycles. The maximum absolute atomic E-state index is 12.6. The molecule has 0 N–H and O–H groups in total. The van der Waals surface area contributed by atoms with Gasteiger partial charge in [0.05, 0.1) is 4.92 Å². The fourth-order valence-electron chi connectivity index (χ4n) is 2.47. The van der Waals surface area contributed by atoms with E-state index in [9.17, 15) is 14.9 Å². The Balaban J connectivity index is 2.36. The summed E-state index contributed by atoms with van der Waals surface area (Å²) >= 11 is 5.76. The number of nitro groups is 1. The summed E-state index contributed by atoms with van der Waals surface area (Å²) in [5, 5.41) is 11.2. The first kappa shape index (κ1) is 14.8. The van der Waals surface area contributed by atoms with Crippen molar-refractivity contribution in [3.8, 4) is 0 Å². The number of halogens is 1. The van der Waals surface area contributed by atoms with Gasteiger partial charge in [0.2, 0.25) is 0 Å². The van der Waals surface area contributed by atoms with Crippen LogP contribution in [0.15, 0.2) is 18.2 Å². The first-order valence-corrected chi connectivity index (χ1v) is 7.20. The summed E-state index contributed by atoms with van der Waals surface area (Å²) in [5.41, 5.74) is 0.559. The van der Waals surface area contributed by atoms with Crippen molar-refractivity contribution in [2.75, 3.05) is 12.4 Å². The normalized spacial score (nSPS) is 14.7. The zero-order valence-electron chi connectivity index (χ0n) is 11.3. The number of hydrogen-bond donors (Lipinski definition) is 0. The van der Waals surface area contributed by atoms with Crippen LogP contribution in [-0.2, 0) is 0 Å². The van der Waals surface area contributed by atoms with Crippen molar-refractivity contribution < 1.29 is 9.72 Å². The van der Waals surface area contributed by atoms with Crippen LogP contribution in [0.1, 0.15) is 35.2 Å². The number of benzene rings is 1. The molecule has 1 aliphatic carbocycles. The van der Waals surface area contributed by atoms with E-state index in [1.807, 2.05) is 0 Å². The van der Waals surface area contributed by atoms with Crippen LogP contribution in [0.3, 0.4) is 0 Å². The van der Waals surface area contributed by atoms with Crippen molar-refractivity contribution in [3.63, 3.8) is 0 Å². The molecule has 0 bridgehead atoms. The number of nitrogens with zero attached hydrogens (tertiary/aromatic N) is 2. The number of rotatable bonds is 5. The summed E-state index contributed by atoms with van der Waals surface area (Å²) in [6, 6.07) is 5.01. The Bertz CT molecular complexity index is 529. The molecule has 0 unspecified atom stereocenters. The van der Waals surface area contributed by atoms with Gasteiger partial charge in [-0.15, -0.1) is 11.6 Å². The fraction of sp³-hybridized carbons (Fsp3) is 0.500. The Morgan fingerprint density at radius 2 is 2.20 bits per heavy atom. The zero-order chi connectivity index (χ0) is 14.7. The van der Waals surface area contributed by atoms with Gasteiger partial charge < -0.3 is 4.90 Å². The van der Waals surface area contributed by atoms with E-state index >= 15 is 0 Å². The van der Waals surface area contributed by atoms with Gasteiger partial charge in [-0.05, 0) is 32.3 Å². The number of hydrogen-bond acceptors (Lipinski definition) is 3. The van der Waals surface area contributed by atoms with E-state index in [-0.39, 0.29) is 23.2 Å². The van der Waals surface area contributed by atoms with Crippen molar-refractivity contribution in [2.45, 2.75) is 32.2 Å². The Labute approximate surface area is 122 Å². The molecule has 0 saturated heterocycles. The largest absolute Gasteiger partial charge is 0.334 e. The van der Waals surface area contributed by atoms with Gasteiger partial charge in [0.25, 0.3) is 11.6 Å². The van der Waals surface area contributed by atoms with Gasteiger partial charge in [-0.25, -0.2) is 0 Å². The van der Waals surface area contributed by atoms with Gasteiger partial charge in [0.15, 0.2) is 0 Å². The second kappa shape index (κ2) is 6.22. The second-order valence-electron chi connectivity index (χ2n) is 5.00. The fourth-order valence-corrected chi connectivity index (χ4v) is 2.65. The van der Waals surface area contributed by atoms with E-state index in [0.717, 1.165) is 19.3 Å². The van der Waals surface area contributed by atoms with E-state index in [2.05, 4.69) is 0 Å². The van der Waals surface area contributed by atoms with Crippen molar-refractivity contribution in [1.82, 2.24) is 4.90 Å². The highest BCUT2D eigenvalue weighted by Crippen LogP contribution is 2.29. The molecule has 1 amide bonds. The minimum Gasteiger partial charge on any atom is -0.334 e. The van der Waals surface area contributed by atoms with Crippen LogP contribution in [0.2, 0.25) is 0 Å². The number of alkyl halides is 1. The number of nitro benzene ring substituents is 1. The molecule has 108 valence electrons. The van der Waals surface area contributed by atoms with Crippen molar-refractivity contribution in [2.24, 2.45) is 0 Å². The number of amides is 1. The van der Waals surface area contributed by atoms with Gasteiger partial charge >= 0.3 is 0 Å². The summed E-state index contributed by atoms with van der Waals surface area (Å²) in [6.07, 6.45) is 2.98. The van der Waals surface area contributed by atoms with Gasteiger partial charge in [-0.1, -0.05) is 12.1 Å². The van der Waals surface area contributed by atoms with Crippen LogP contribution in [0.25, 0.3) is 0 Å². The highest BCUT2D eigenvalue weighted by molar-refractivity contribution is 6.18. The maximum Gasteiger partial charge on any atom is 0.285 e. The standard InChI is InChI=1S/C14H17ClN2O3/c1-10-4-2-7-12(13(10)17(19)20)14(18)16(9-8-15)11-5-3-6-11/h2,4,7,11H,3,5-6,8-9H2,1H3. The predicted molar refractivity (Wildman–Crippen MR) is 77.2 cm³/mol. The lowest BCUT2D eigenvalue weighted by atomic mass is 9.90. The van der Waals surface area contributed by atoms with Crippen LogP contribution < -0.4 is 0 Å². The zero-order valence-corrected chi connectivity index (χ0v) is 12.1. The van der Waals surface area contributed by atoms with Crippen LogP contribution in [0, 0.1) is 17.0 Å². The predicted octanol–water partition coefficient (Wildman–Crippen LogP) is 3.14. The lowest BCUT2D eigenvalue weighted by Crippen LogP contribution is -2.45. The Kier molecular flexibility index (Phi) is 4.60. The molecular weight excluding hydrogens is 280 g/mol. The van der Waals surface area contributed by atoms with Crippen LogP contribution in [-0.4, -0.2) is 34.2 Å². The molecule has 0 aromatic heterocycles. The summed E-state index contributed by atoms with van der Waals surface area (Å²) in [7, 11) is 0. The van der Waals surface area contributed by atoms with Crippen LogP contribution >= 0.6 is 11.6 Å². The van der Waals surface area contributed by atoms with Crippen molar-refractivity contribution >= 4 is 23.2 Å². The smallest absolute Gasteiger partial charge is 0.285 e. The molecule has 2 rings (SSSR count). The molecule has 6 heteroatoms. The summed E-state index contributed by atoms with van der Waals surface area (Å²) < 4.78 is 0. The molecule has 1 saturated carbocycles. The number of carbonyl (C=O) groups is 1. The number of aryl methyl sites for hydroxylation is 1. The summed E-state index contributed by atoms with van der Waals surface area (Å²) in [6.45, 7) is 2.07. The lowest BCUT2D eigenvalue weighted by Gasteiger charge is -2.37. The first-order valence-electron chi connectivity index (χ1n) is 6.67. The third kappa shape index (κ3) is 2.77. The van der Waals surface area contributed by atoms with E-state index in [1.165, 1.54) is 6.07 Å². The van der Waals surface area contributed by atoms with Gasteiger partial charge in [-0.3, -0.25) is 14.9 Å². The molecule has 0 aliphatic heterocycles. The van der Waals surface area contributed by atoms with E-state index in [0.29, 0.717) is 18.0 Å². The monoisotopic (exact) mass is 296 g/mol. The molecule has 0 radical (unpaired) electrons. The number of para-hydroxylation sites is 1. The average Bonchev–Trinajstić information content (AvgIpc) is 2.34. The SMILES string of the molecule is Cc1cccc(C(=O)N(CCCl)C2CCC2)c1[N+](=O)[O-]. The van der Waals surface area contributed by atoms with E-state index in [1.54, 1.807) is 24.0 Å². The Morgan fingerprint density at radius 1 is 1.50 bits per heavy atom. The topological polar surface area (TPSA) is 63.5 Å². The van der Waals surface area contributed by atoms with Crippen molar-refractivity contribution in [3.05, 3.63) is 39.4 Å². The second-order valence-corrected chi connectivity index (χ2v) is 5.38. The van der Waals surface area contributed by atoms with Crippen LogP contribution in [0.4, 0.5) is 5.69 Å². The minimum atomic E-state index is -0.484. The lowest BCUT2D eigenvalue weighted by molar-refractivity contribution is -0.385. The molecule has 1 aromatic carbocycles. The molecule has 1 aromatic rings. The molecule has 0 atom stereocenters. The third-order valence-corrected chi connectivity index (χ3v) is 3.92. The van der Waals surface area contributed by atoms with E-state index < -0.39 is 4.92 Å². The van der Waals surface area contributed by atoms with Gasteiger partial charge in [-0.2, -0.15) is 0 Å². The van der Waals surface area contributed by atoms with Crippen LogP contribution in [0.5, 0.6) is 0 Å². The molecule has 1 fully saturated rings. The Hall–Kier alpha value is -1.62. The molecule has 1 aliphatic rings. The molecule has 0 spiro atoms. The van der Waals surface area contributed by atoms with Gasteiger partial charge in [0, 0.05) is 24.0 Å². The minimum absolute atomic E-state index is 0.101. The molecular formula is C14H17ClN2O3. The Morgan fingerprint density at radius 3 is 2.70 bits per heavy atom. The first-order chi connectivity index (χ1) is 9.56. The summed E-state index contributed by atoms with van der Waals surface area (Å²) in [4.78, 5) is 25.0. The quantitative estimate of drug-likeness (QED) is 0.476. The average molecular weight is 297 g/mol. The highest BCUT2D eigenvalue weighted by atomic mass is 35.5. The van der Waals surface area contributed by atoms with Crippen molar-refractivity contribution in [1.29, 1.82) is 0 Å². The summed E-state index contributed by atoms with van der Waals surface area (Å²) in [5.74, 6) is 0.0488.